The van der Waals surface area contributed by atoms with Crippen molar-refractivity contribution >= 4 is 23.2 Å². The SMILES string of the molecule is NCC#Cc1ccc(Cl)cc1NC(=O)C1CCCCCC1. The third-order valence-electron chi connectivity index (χ3n) is 3.79. The molecule has 0 radical (unpaired) electrons. The van der Waals surface area contributed by atoms with E-state index in [-0.39, 0.29) is 11.8 Å². The number of nitrogens with two attached hydrogens (primary N) is 1. The number of halogens is 1. The number of carbonyl (C=O) groups excluding carboxylic acids is 1. The molecule has 3 nitrogen and oxygen atoms in total. The third-order valence-corrected chi connectivity index (χ3v) is 4.03. The minimum absolute atomic E-state index is 0.0787. The summed E-state index contributed by atoms with van der Waals surface area (Å²) in [6, 6.07) is 5.33. The van der Waals surface area contributed by atoms with E-state index in [1.54, 1.807) is 12.1 Å². The molecular formula is C17H21ClN2O. The summed E-state index contributed by atoms with van der Waals surface area (Å²) < 4.78 is 0. The first-order valence-electron chi connectivity index (χ1n) is 7.50. The summed E-state index contributed by atoms with van der Waals surface area (Å²) in [6.07, 6.45) is 6.66. The summed E-state index contributed by atoms with van der Waals surface area (Å²) >= 11 is 6.02. The number of nitrogens with one attached hydrogen (secondary N) is 1. The van der Waals surface area contributed by atoms with Gasteiger partial charge in [0.05, 0.1) is 12.2 Å². The van der Waals surface area contributed by atoms with Gasteiger partial charge in [0.1, 0.15) is 0 Å². The fraction of sp³-hybridized carbons (Fsp3) is 0.471. The van der Waals surface area contributed by atoms with Crippen molar-refractivity contribution in [3.63, 3.8) is 0 Å². The van der Waals surface area contributed by atoms with E-state index in [9.17, 15) is 4.79 Å². The maximum absolute atomic E-state index is 12.4. The third kappa shape index (κ3) is 4.77. The number of carbonyl (C=O) groups is 1. The standard InChI is InChI=1S/C17H21ClN2O/c18-15-10-9-13(8-5-11-19)16(12-15)20-17(21)14-6-3-1-2-4-7-14/h9-10,12,14H,1-4,6-7,11,19H2,(H,20,21). The van der Waals surface area contributed by atoms with Gasteiger partial charge in [-0.25, -0.2) is 0 Å². The highest BCUT2D eigenvalue weighted by Crippen LogP contribution is 2.26. The molecular weight excluding hydrogens is 284 g/mol. The molecule has 1 amide bonds. The largest absolute Gasteiger partial charge is 0.325 e. The van der Waals surface area contributed by atoms with Crippen LogP contribution in [0.5, 0.6) is 0 Å². The van der Waals surface area contributed by atoms with Gasteiger partial charge in [-0.05, 0) is 31.0 Å². The highest BCUT2D eigenvalue weighted by molar-refractivity contribution is 6.31. The highest BCUT2D eigenvalue weighted by atomic mass is 35.5. The van der Waals surface area contributed by atoms with Gasteiger partial charge in [-0.15, -0.1) is 0 Å². The van der Waals surface area contributed by atoms with Gasteiger partial charge in [0, 0.05) is 16.5 Å². The van der Waals surface area contributed by atoms with Gasteiger partial charge in [-0.3, -0.25) is 4.79 Å². The number of rotatable bonds is 2. The molecule has 4 heteroatoms. The lowest BCUT2D eigenvalue weighted by atomic mass is 9.99. The number of anilines is 1. The van der Waals surface area contributed by atoms with Gasteiger partial charge in [-0.1, -0.05) is 49.1 Å². The first kappa shape index (κ1) is 15.9. The van der Waals surface area contributed by atoms with E-state index in [2.05, 4.69) is 17.2 Å². The summed E-state index contributed by atoms with van der Waals surface area (Å²) in [7, 11) is 0. The van der Waals surface area contributed by atoms with Crippen molar-refractivity contribution in [1.29, 1.82) is 0 Å². The zero-order valence-corrected chi connectivity index (χ0v) is 12.9. The molecule has 21 heavy (non-hydrogen) atoms. The number of benzene rings is 1. The van der Waals surface area contributed by atoms with Crippen LogP contribution in [0.1, 0.15) is 44.1 Å². The maximum atomic E-state index is 12.4. The van der Waals surface area contributed by atoms with E-state index in [1.807, 2.05) is 6.07 Å². The van der Waals surface area contributed by atoms with Crippen LogP contribution in [0, 0.1) is 17.8 Å². The Morgan fingerprint density at radius 3 is 2.67 bits per heavy atom. The van der Waals surface area contributed by atoms with Crippen LogP contribution in [0.25, 0.3) is 0 Å². The average Bonchev–Trinajstić information content (AvgIpc) is 2.75. The van der Waals surface area contributed by atoms with Crippen molar-refractivity contribution in [1.82, 2.24) is 0 Å². The van der Waals surface area contributed by atoms with Gasteiger partial charge < -0.3 is 11.1 Å². The van der Waals surface area contributed by atoms with Crippen LogP contribution in [0.3, 0.4) is 0 Å². The van der Waals surface area contributed by atoms with Crippen molar-refractivity contribution in [3.8, 4) is 11.8 Å². The van der Waals surface area contributed by atoms with Crippen molar-refractivity contribution in [2.75, 3.05) is 11.9 Å². The second-order valence-corrected chi connectivity index (χ2v) is 5.81. The quantitative estimate of drug-likeness (QED) is 0.648. The molecule has 1 aliphatic carbocycles. The lowest BCUT2D eigenvalue weighted by molar-refractivity contribution is -0.120. The summed E-state index contributed by atoms with van der Waals surface area (Å²) in [5.74, 6) is 5.96. The molecule has 0 spiro atoms. The number of hydrogen-bond acceptors (Lipinski definition) is 2. The minimum Gasteiger partial charge on any atom is -0.325 e. The highest BCUT2D eigenvalue weighted by Gasteiger charge is 2.20. The summed E-state index contributed by atoms with van der Waals surface area (Å²) in [6.45, 7) is 0.290. The monoisotopic (exact) mass is 304 g/mol. The predicted octanol–water partition coefficient (Wildman–Crippen LogP) is 3.56. The molecule has 0 unspecified atom stereocenters. The van der Waals surface area contributed by atoms with Crippen molar-refractivity contribution in [2.45, 2.75) is 38.5 Å². The van der Waals surface area contributed by atoms with Crippen molar-refractivity contribution < 1.29 is 4.79 Å². The lowest BCUT2D eigenvalue weighted by Gasteiger charge is -2.15. The van der Waals surface area contributed by atoms with Crippen molar-refractivity contribution in [2.24, 2.45) is 11.7 Å². The van der Waals surface area contributed by atoms with Gasteiger partial charge in [0.2, 0.25) is 5.91 Å². The fourth-order valence-corrected chi connectivity index (χ4v) is 2.82. The molecule has 0 bridgehead atoms. The van der Waals surface area contributed by atoms with Gasteiger partial charge in [0.25, 0.3) is 0 Å². The molecule has 0 atom stereocenters. The maximum Gasteiger partial charge on any atom is 0.227 e. The molecule has 0 heterocycles. The Morgan fingerprint density at radius 2 is 2.00 bits per heavy atom. The van der Waals surface area contributed by atoms with Crippen LogP contribution in [0.15, 0.2) is 18.2 Å². The zero-order chi connectivity index (χ0) is 15.1. The second-order valence-electron chi connectivity index (χ2n) is 5.37. The van der Waals surface area contributed by atoms with Crippen LogP contribution < -0.4 is 11.1 Å². The smallest absolute Gasteiger partial charge is 0.227 e. The predicted molar refractivity (Wildman–Crippen MR) is 87.2 cm³/mol. The summed E-state index contributed by atoms with van der Waals surface area (Å²) in [5, 5.41) is 3.58. The molecule has 112 valence electrons. The molecule has 1 fully saturated rings. The normalized spacial score (nSPS) is 15.7. The fourth-order valence-electron chi connectivity index (χ4n) is 2.65. The number of amides is 1. The zero-order valence-electron chi connectivity index (χ0n) is 12.1. The molecule has 3 N–H and O–H groups in total. The Labute approximate surface area is 131 Å². The Balaban J connectivity index is 2.13. The molecule has 1 aromatic rings. The minimum atomic E-state index is 0.0787. The molecule has 0 saturated heterocycles. The van der Waals surface area contributed by atoms with E-state index in [1.165, 1.54) is 12.8 Å². The Morgan fingerprint density at radius 1 is 1.29 bits per heavy atom. The van der Waals surface area contributed by atoms with Crippen LogP contribution >= 0.6 is 11.6 Å². The van der Waals surface area contributed by atoms with E-state index >= 15 is 0 Å². The second kappa shape index (κ2) is 8.07. The van der Waals surface area contributed by atoms with E-state index in [0.29, 0.717) is 17.3 Å². The number of hydrogen-bond donors (Lipinski definition) is 2. The first-order chi connectivity index (χ1) is 10.2. The molecule has 1 aromatic carbocycles. The molecule has 1 aliphatic rings. The van der Waals surface area contributed by atoms with Gasteiger partial charge >= 0.3 is 0 Å². The van der Waals surface area contributed by atoms with Gasteiger partial charge in [-0.2, -0.15) is 0 Å². The van der Waals surface area contributed by atoms with E-state index < -0.39 is 0 Å². The first-order valence-corrected chi connectivity index (χ1v) is 7.88. The molecule has 2 rings (SSSR count). The van der Waals surface area contributed by atoms with Crippen molar-refractivity contribution in [3.05, 3.63) is 28.8 Å². The topological polar surface area (TPSA) is 55.1 Å². The summed E-state index contributed by atoms with van der Waals surface area (Å²) in [4.78, 5) is 12.4. The molecule has 0 aliphatic heterocycles. The van der Waals surface area contributed by atoms with Crippen LogP contribution in [0.4, 0.5) is 5.69 Å². The van der Waals surface area contributed by atoms with Crippen LogP contribution in [-0.4, -0.2) is 12.5 Å². The van der Waals surface area contributed by atoms with Crippen LogP contribution in [0.2, 0.25) is 5.02 Å². The Hall–Kier alpha value is -1.50. The van der Waals surface area contributed by atoms with E-state index in [0.717, 1.165) is 31.2 Å². The van der Waals surface area contributed by atoms with Gasteiger partial charge in [0.15, 0.2) is 0 Å². The van der Waals surface area contributed by atoms with E-state index in [4.69, 9.17) is 17.3 Å². The Kier molecular flexibility index (Phi) is 6.10. The summed E-state index contributed by atoms with van der Waals surface area (Å²) in [5.41, 5.74) is 6.84. The molecule has 1 saturated carbocycles. The van der Waals surface area contributed by atoms with Crippen LogP contribution in [-0.2, 0) is 4.79 Å². The Bertz CT molecular complexity index is 552. The average molecular weight is 305 g/mol. The lowest BCUT2D eigenvalue weighted by Crippen LogP contribution is -2.22. The molecule has 0 aromatic heterocycles.